The van der Waals surface area contributed by atoms with E-state index in [-0.39, 0.29) is 10.6 Å². The van der Waals surface area contributed by atoms with Gasteiger partial charge >= 0.3 is 5.69 Å². The van der Waals surface area contributed by atoms with Crippen LogP contribution in [0.5, 0.6) is 0 Å². The van der Waals surface area contributed by atoms with E-state index >= 15 is 0 Å². The van der Waals surface area contributed by atoms with Crippen molar-refractivity contribution in [1.29, 1.82) is 0 Å². The predicted octanol–water partition coefficient (Wildman–Crippen LogP) is 3.83. The van der Waals surface area contributed by atoms with Gasteiger partial charge in [0, 0.05) is 25.4 Å². The smallest absolute Gasteiger partial charge is 0.326 e. The molecule has 0 amide bonds. The Kier molecular flexibility index (Phi) is 5.83. The Hall–Kier alpha value is -2.56. The zero-order valence-electron chi connectivity index (χ0n) is 17.5. The number of nitrogens with zero attached hydrogens (tertiary/aromatic N) is 3. The van der Waals surface area contributed by atoms with Crippen molar-refractivity contribution < 1.29 is 12.8 Å². The molecule has 8 nitrogen and oxygen atoms in total. The first-order valence-electron chi connectivity index (χ1n) is 10.7. The molecule has 2 aromatic heterocycles. The summed E-state index contributed by atoms with van der Waals surface area (Å²) in [4.78, 5) is 19.8. The van der Waals surface area contributed by atoms with E-state index in [1.165, 1.54) is 11.8 Å². The number of oxazole rings is 1. The molecule has 4 aromatic rings. The van der Waals surface area contributed by atoms with E-state index in [0.29, 0.717) is 36.0 Å². The number of thioether (sulfide) groups is 1. The summed E-state index contributed by atoms with van der Waals surface area (Å²) in [7, 11) is -3.50. The van der Waals surface area contributed by atoms with Crippen LogP contribution in [0, 0.1) is 0 Å². The van der Waals surface area contributed by atoms with Crippen LogP contribution >= 0.6 is 11.8 Å². The fraction of sp³-hybridized carbons (Fsp3) is 0.364. The maximum Gasteiger partial charge on any atom is 0.326 e. The molecule has 0 unspecified atom stereocenters. The zero-order chi connectivity index (χ0) is 22.1. The maximum atomic E-state index is 12.9. The summed E-state index contributed by atoms with van der Waals surface area (Å²) in [5.74, 6) is 0.720. The number of hydrogen-bond acceptors (Lipinski definition) is 6. The maximum absolute atomic E-state index is 12.9. The third kappa shape index (κ3) is 4.10. The number of H-pyrrole nitrogens is 1. The predicted molar refractivity (Wildman–Crippen MR) is 125 cm³/mol. The summed E-state index contributed by atoms with van der Waals surface area (Å²) in [6.45, 7) is 1.73. The standard InChI is InChI=1S/C22H24N4O4S2/c27-21-23-17-7-2-3-8-19(17)26(21)13-6-14-31-22-24-18-15-16(9-10-20(18)30-22)32(28,29)25-11-4-1-5-12-25/h2-3,7-10,15H,1,4-6,11-14H2,(H,23,27). The van der Waals surface area contributed by atoms with Crippen molar-refractivity contribution in [2.24, 2.45) is 0 Å². The molecular formula is C22H24N4O4S2. The van der Waals surface area contributed by atoms with E-state index < -0.39 is 10.0 Å². The van der Waals surface area contributed by atoms with Gasteiger partial charge in [-0.25, -0.2) is 18.2 Å². The van der Waals surface area contributed by atoms with Crippen molar-refractivity contribution in [1.82, 2.24) is 18.8 Å². The molecular weight excluding hydrogens is 448 g/mol. The van der Waals surface area contributed by atoms with Crippen LogP contribution in [0.2, 0.25) is 0 Å². The number of para-hydroxylation sites is 2. The van der Waals surface area contributed by atoms with Crippen molar-refractivity contribution in [3.8, 4) is 0 Å². The van der Waals surface area contributed by atoms with Crippen LogP contribution in [-0.4, -0.2) is 46.1 Å². The van der Waals surface area contributed by atoms with E-state index in [1.807, 2.05) is 24.3 Å². The third-order valence-electron chi connectivity index (χ3n) is 5.73. The Morgan fingerprint density at radius 2 is 1.91 bits per heavy atom. The highest BCUT2D eigenvalue weighted by Gasteiger charge is 2.26. The van der Waals surface area contributed by atoms with Gasteiger partial charge in [0.05, 0.1) is 15.9 Å². The number of sulfonamides is 1. The molecule has 0 radical (unpaired) electrons. The highest BCUT2D eigenvalue weighted by molar-refractivity contribution is 7.99. The zero-order valence-corrected chi connectivity index (χ0v) is 19.1. The first kappa shape index (κ1) is 21.3. The number of imidazole rings is 1. The number of piperidine rings is 1. The van der Waals surface area contributed by atoms with Gasteiger partial charge in [0.2, 0.25) is 10.0 Å². The van der Waals surface area contributed by atoms with Crippen LogP contribution in [0.1, 0.15) is 25.7 Å². The third-order valence-corrected chi connectivity index (χ3v) is 8.53. The van der Waals surface area contributed by atoms with Gasteiger partial charge in [0.25, 0.3) is 5.22 Å². The number of fused-ring (bicyclic) bond motifs is 2. The number of rotatable bonds is 7. The molecule has 1 N–H and O–H groups in total. The van der Waals surface area contributed by atoms with Gasteiger partial charge in [-0.3, -0.25) is 4.57 Å². The van der Waals surface area contributed by atoms with Crippen LogP contribution in [0.3, 0.4) is 0 Å². The van der Waals surface area contributed by atoms with Crippen LogP contribution in [0.4, 0.5) is 0 Å². The fourth-order valence-corrected chi connectivity index (χ4v) is 6.37. The first-order chi connectivity index (χ1) is 15.5. The second-order valence-corrected chi connectivity index (χ2v) is 10.9. The number of aromatic amines is 1. The van der Waals surface area contributed by atoms with Crippen molar-refractivity contribution in [2.75, 3.05) is 18.8 Å². The van der Waals surface area contributed by atoms with Crippen LogP contribution in [0.25, 0.3) is 22.1 Å². The molecule has 10 heteroatoms. The lowest BCUT2D eigenvalue weighted by Gasteiger charge is -2.25. The molecule has 32 heavy (non-hydrogen) atoms. The van der Waals surface area contributed by atoms with E-state index in [2.05, 4.69) is 9.97 Å². The quantitative estimate of drug-likeness (QED) is 0.324. The number of benzene rings is 2. The number of nitrogens with one attached hydrogen (secondary N) is 1. The summed E-state index contributed by atoms with van der Waals surface area (Å²) < 4.78 is 34.9. The van der Waals surface area contributed by atoms with Crippen LogP contribution < -0.4 is 5.69 Å². The molecule has 1 fully saturated rings. The lowest BCUT2D eigenvalue weighted by molar-refractivity contribution is 0.346. The lowest BCUT2D eigenvalue weighted by Crippen LogP contribution is -2.35. The van der Waals surface area contributed by atoms with Crippen LogP contribution in [0.15, 0.2) is 61.8 Å². The normalized spacial score (nSPS) is 15.6. The molecule has 2 aromatic carbocycles. The highest BCUT2D eigenvalue weighted by Crippen LogP contribution is 2.28. The van der Waals surface area contributed by atoms with E-state index in [9.17, 15) is 13.2 Å². The number of hydrogen-bond donors (Lipinski definition) is 1. The molecule has 0 aliphatic carbocycles. The minimum absolute atomic E-state index is 0.111. The largest absolute Gasteiger partial charge is 0.431 e. The molecule has 3 heterocycles. The van der Waals surface area contributed by atoms with E-state index in [4.69, 9.17) is 4.42 Å². The molecule has 1 aliphatic rings. The topological polar surface area (TPSA) is 101 Å². The van der Waals surface area contributed by atoms with Gasteiger partial charge in [0.1, 0.15) is 5.52 Å². The second kappa shape index (κ2) is 8.76. The van der Waals surface area contributed by atoms with E-state index in [0.717, 1.165) is 42.5 Å². The highest BCUT2D eigenvalue weighted by atomic mass is 32.2. The Morgan fingerprint density at radius 1 is 1.09 bits per heavy atom. The van der Waals surface area contributed by atoms with Crippen molar-refractivity contribution in [2.45, 2.75) is 42.3 Å². The molecule has 168 valence electrons. The Labute approximate surface area is 189 Å². The average molecular weight is 473 g/mol. The van der Waals surface area contributed by atoms with Gasteiger partial charge < -0.3 is 9.40 Å². The monoisotopic (exact) mass is 472 g/mol. The van der Waals surface area contributed by atoms with Crippen molar-refractivity contribution >= 4 is 43.9 Å². The SMILES string of the molecule is O=c1[nH]c2ccccc2n1CCCSc1nc2cc(S(=O)(=O)N3CCCCC3)ccc2o1. The molecule has 1 saturated heterocycles. The Morgan fingerprint density at radius 3 is 2.75 bits per heavy atom. The summed E-state index contributed by atoms with van der Waals surface area (Å²) in [5, 5.41) is 0.499. The second-order valence-electron chi connectivity index (χ2n) is 7.88. The number of aromatic nitrogens is 3. The molecule has 0 atom stereocenters. The molecule has 0 bridgehead atoms. The first-order valence-corrected chi connectivity index (χ1v) is 13.2. The van der Waals surface area contributed by atoms with Gasteiger partial charge in [0.15, 0.2) is 5.58 Å². The summed E-state index contributed by atoms with van der Waals surface area (Å²) in [6, 6.07) is 12.5. The average Bonchev–Trinajstić information content (AvgIpc) is 3.36. The van der Waals surface area contributed by atoms with Crippen molar-refractivity contribution in [3.05, 3.63) is 52.9 Å². The Balaban J connectivity index is 1.25. The molecule has 0 saturated carbocycles. The van der Waals surface area contributed by atoms with Gasteiger partial charge in [-0.2, -0.15) is 4.31 Å². The summed E-state index contributed by atoms with van der Waals surface area (Å²) in [6.07, 6.45) is 3.64. The fourth-order valence-electron chi connectivity index (χ4n) is 4.07. The minimum Gasteiger partial charge on any atom is -0.431 e. The van der Waals surface area contributed by atoms with Gasteiger partial charge in [-0.15, -0.1) is 0 Å². The molecule has 5 rings (SSSR count). The van der Waals surface area contributed by atoms with Gasteiger partial charge in [-0.1, -0.05) is 30.3 Å². The van der Waals surface area contributed by atoms with Crippen molar-refractivity contribution in [3.63, 3.8) is 0 Å². The summed E-state index contributed by atoms with van der Waals surface area (Å²) >= 11 is 1.46. The Bertz CT molecular complexity index is 1410. The van der Waals surface area contributed by atoms with E-state index in [1.54, 1.807) is 27.1 Å². The number of aryl methyl sites for hydroxylation is 1. The molecule has 1 aliphatic heterocycles. The lowest BCUT2D eigenvalue weighted by atomic mass is 10.2. The summed E-state index contributed by atoms with van der Waals surface area (Å²) in [5.41, 5.74) is 2.73. The molecule has 0 spiro atoms. The minimum atomic E-state index is -3.50. The van der Waals surface area contributed by atoms with Crippen LogP contribution in [-0.2, 0) is 16.6 Å². The van der Waals surface area contributed by atoms with Gasteiger partial charge in [-0.05, 0) is 49.6 Å².